The number of rotatable bonds is 6. The van der Waals surface area contributed by atoms with E-state index in [1.165, 1.54) is 17.0 Å². The van der Waals surface area contributed by atoms with Gasteiger partial charge in [0, 0.05) is 12.5 Å². The van der Waals surface area contributed by atoms with Crippen LogP contribution < -0.4 is 0 Å². The lowest BCUT2D eigenvalue weighted by atomic mass is 10.1. The molecule has 2 rings (SSSR count). The minimum absolute atomic E-state index is 0.00209. The van der Waals surface area contributed by atoms with E-state index in [9.17, 15) is 17.6 Å². The van der Waals surface area contributed by atoms with E-state index in [2.05, 4.69) is 0 Å². The van der Waals surface area contributed by atoms with E-state index >= 15 is 0 Å². The molecular weight excluding hydrogens is 373 g/mol. The molecule has 1 fully saturated rings. The molecule has 0 spiro atoms. The van der Waals surface area contributed by atoms with Gasteiger partial charge in [-0.1, -0.05) is 17.7 Å². The van der Waals surface area contributed by atoms with Crippen molar-refractivity contribution in [2.75, 3.05) is 13.2 Å². The van der Waals surface area contributed by atoms with E-state index in [4.69, 9.17) is 8.92 Å². The fourth-order valence-electron chi connectivity index (χ4n) is 2.94. The largest absolute Gasteiger partial charge is 0.444 e. The lowest BCUT2D eigenvalue weighted by molar-refractivity contribution is 0.0208. The van der Waals surface area contributed by atoms with Gasteiger partial charge in [0.25, 0.3) is 10.1 Å². The van der Waals surface area contributed by atoms with Gasteiger partial charge in [0.1, 0.15) is 11.8 Å². The van der Waals surface area contributed by atoms with Gasteiger partial charge in [-0.3, -0.25) is 4.18 Å². The maximum absolute atomic E-state index is 13.8. The van der Waals surface area contributed by atoms with Gasteiger partial charge in [0.2, 0.25) is 0 Å². The normalized spacial score (nSPS) is 20.7. The average molecular weight is 402 g/mol. The zero-order chi connectivity index (χ0) is 20.2. The molecule has 1 aromatic carbocycles. The van der Waals surface area contributed by atoms with Gasteiger partial charge in [0.05, 0.1) is 18.0 Å². The van der Waals surface area contributed by atoms with Crippen molar-refractivity contribution in [1.82, 2.24) is 4.90 Å². The van der Waals surface area contributed by atoms with Crippen molar-refractivity contribution in [3.8, 4) is 0 Å². The summed E-state index contributed by atoms with van der Waals surface area (Å²) in [6.07, 6.45) is -0.574. The third kappa shape index (κ3) is 6.46. The zero-order valence-corrected chi connectivity index (χ0v) is 17.1. The third-order valence-electron chi connectivity index (χ3n) is 4.22. The van der Waals surface area contributed by atoms with E-state index in [1.807, 2.05) is 6.92 Å². The highest BCUT2D eigenvalue weighted by Gasteiger charge is 2.37. The van der Waals surface area contributed by atoms with Crippen LogP contribution in [0.25, 0.3) is 0 Å². The number of nitrogens with zero attached hydrogens (tertiary/aromatic N) is 1. The summed E-state index contributed by atoms with van der Waals surface area (Å²) in [6.45, 7) is 7.12. The van der Waals surface area contributed by atoms with E-state index in [0.717, 1.165) is 5.56 Å². The molecule has 1 aliphatic heterocycles. The quantitative estimate of drug-likeness (QED) is 0.535. The Bertz CT molecular complexity index is 742. The average Bonchev–Trinajstić information content (AvgIpc) is 2.91. The van der Waals surface area contributed by atoms with Crippen molar-refractivity contribution < 1.29 is 26.5 Å². The van der Waals surface area contributed by atoms with E-state index in [0.29, 0.717) is 12.8 Å². The molecule has 0 saturated carbocycles. The first kappa shape index (κ1) is 21.6. The Morgan fingerprint density at radius 1 is 1.26 bits per heavy atom. The summed E-state index contributed by atoms with van der Waals surface area (Å²) in [5.41, 5.74) is 0.305. The number of amides is 1. The van der Waals surface area contributed by atoms with Crippen LogP contribution in [0.1, 0.15) is 45.6 Å². The molecule has 1 aromatic rings. The van der Waals surface area contributed by atoms with E-state index < -0.39 is 28.0 Å². The van der Waals surface area contributed by atoms with Crippen LogP contribution in [0.2, 0.25) is 0 Å². The van der Waals surface area contributed by atoms with Gasteiger partial charge < -0.3 is 9.64 Å². The predicted molar refractivity (Wildman–Crippen MR) is 99.8 cm³/mol. The topological polar surface area (TPSA) is 72.9 Å². The Morgan fingerprint density at radius 2 is 1.89 bits per heavy atom. The maximum atomic E-state index is 13.8. The Kier molecular flexibility index (Phi) is 6.86. The van der Waals surface area contributed by atoms with Crippen molar-refractivity contribution in [1.29, 1.82) is 0 Å². The number of hydrogen-bond donors (Lipinski definition) is 0. The second-order valence-corrected chi connectivity index (χ2v) is 9.47. The molecular formula is C19H28FNO5S. The minimum atomic E-state index is -3.82. The number of aryl methyl sites for hydroxylation is 1. The lowest BCUT2D eigenvalue weighted by Crippen LogP contribution is -2.40. The summed E-state index contributed by atoms with van der Waals surface area (Å²) >= 11 is 0. The highest BCUT2D eigenvalue weighted by atomic mass is 32.2. The summed E-state index contributed by atoms with van der Waals surface area (Å²) in [5, 5.41) is 0. The third-order valence-corrected chi connectivity index (χ3v) is 5.55. The van der Waals surface area contributed by atoms with E-state index in [1.54, 1.807) is 32.9 Å². The molecule has 0 N–H and O–H groups in total. The Balaban J connectivity index is 1.86. The Hall–Kier alpha value is -1.67. The molecule has 27 heavy (non-hydrogen) atoms. The molecule has 8 heteroatoms. The molecule has 1 amide bonds. The van der Waals surface area contributed by atoms with Crippen LogP contribution in [0.15, 0.2) is 29.2 Å². The number of halogens is 1. The number of alkyl halides is 1. The summed E-state index contributed by atoms with van der Waals surface area (Å²) in [7, 11) is -3.82. The van der Waals surface area contributed by atoms with Crippen molar-refractivity contribution in [2.24, 2.45) is 0 Å². The standard InChI is InChI=1S/C19H28FNO5S/c1-14-7-9-17(10-8-14)27(23,24)25-11-5-6-16-12-15(20)13-21(16)18(22)26-19(2,3)4/h7-10,15-16H,5-6,11-13H2,1-4H3/t15-,16-/m1/s1. The van der Waals surface area contributed by atoms with Crippen molar-refractivity contribution in [3.63, 3.8) is 0 Å². The van der Waals surface area contributed by atoms with Crippen LogP contribution in [-0.2, 0) is 19.0 Å². The van der Waals surface area contributed by atoms with Gasteiger partial charge in [0.15, 0.2) is 0 Å². The molecule has 1 saturated heterocycles. The number of carbonyl (C=O) groups is 1. The molecule has 152 valence electrons. The van der Waals surface area contributed by atoms with Crippen LogP contribution in [0.3, 0.4) is 0 Å². The van der Waals surface area contributed by atoms with Crippen molar-refractivity contribution >= 4 is 16.2 Å². The minimum Gasteiger partial charge on any atom is -0.444 e. The van der Waals surface area contributed by atoms with Crippen LogP contribution in [0.4, 0.5) is 9.18 Å². The van der Waals surface area contributed by atoms with Crippen LogP contribution in [-0.4, -0.2) is 50.4 Å². The number of likely N-dealkylation sites (tertiary alicyclic amines) is 1. The number of hydrogen-bond acceptors (Lipinski definition) is 5. The zero-order valence-electron chi connectivity index (χ0n) is 16.3. The predicted octanol–water partition coefficient (Wildman–Crippen LogP) is 3.83. The van der Waals surface area contributed by atoms with Gasteiger partial charge in [-0.15, -0.1) is 0 Å². The SMILES string of the molecule is Cc1ccc(S(=O)(=O)OCCC[C@@H]2C[C@@H](F)CN2C(=O)OC(C)(C)C)cc1. The number of carbonyl (C=O) groups excluding carboxylic acids is 1. The van der Waals surface area contributed by atoms with Gasteiger partial charge >= 0.3 is 6.09 Å². The molecule has 2 atom stereocenters. The van der Waals surface area contributed by atoms with Crippen LogP contribution >= 0.6 is 0 Å². The Labute approximate surface area is 160 Å². The smallest absolute Gasteiger partial charge is 0.410 e. The monoisotopic (exact) mass is 401 g/mol. The van der Waals surface area contributed by atoms with Crippen molar-refractivity contribution in [3.05, 3.63) is 29.8 Å². The highest BCUT2D eigenvalue weighted by Crippen LogP contribution is 2.26. The van der Waals surface area contributed by atoms with E-state index in [-0.39, 0.29) is 30.5 Å². The maximum Gasteiger partial charge on any atom is 0.410 e. The summed E-state index contributed by atoms with van der Waals surface area (Å²) in [4.78, 5) is 13.7. The molecule has 0 bridgehead atoms. The molecule has 0 aromatic heterocycles. The number of benzene rings is 1. The lowest BCUT2D eigenvalue weighted by Gasteiger charge is -2.28. The summed E-state index contributed by atoms with van der Waals surface area (Å²) < 4.78 is 48.5. The Morgan fingerprint density at radius 3 is 2.48 bits per heavy atom. The van der Waals surface area contributed by atoms with Gasteiger partial charge in [-0.05, 0) is 52.7 Å². The molecule has 1 aliphatic rings. The number of ether oxygens (including phenoxy) is 1. The molecule has 0 unspecified atom stereocenters. The molecule has 1 heterocycles. The van der Waals surface area contributed by atoms with Gasteiger partial charge in [-0.2, -0.15) is 8.42 Å². The van der Waals surface area contributed by atoms with Gasteiger partial charge in [-0.25, -0.2) is 9.18 Å². The first-order valence-corrected chi connectivity index (χ1v) is 10.5. The molecule has 0 aliphatic carbocycles. The summed E-state index contributed by atoms with van der Waals surface area (Å²) in [5.74, 6) is 0. The van der Waals surface area contributed by atoms with Crippen LogP contribution in [0, 0.1) is 6.92 Å². The molecule has 0 radical (unpaired) electrons. The fraction of sp³-hybridized carbons (Fsp3) is 0.632. The fourth-order valence-corrected chi connectivity index (χ4v) is 3.88. The first-order chi connectivity index (χ1) is 12.5. The molecule has 6 nitrogen and oxygen atoms in total. The summed E-state index contributed by atoms with van der Waals surface area (Å²) in [6, 6.07) is 6.09. The van der Waals surface area contributed by atoms with Crippen LogP contribution in [0.5, 0.6) is 0 Å². The first-order valence-electron chi connectivity index (χ1n) is 9.08. The second kappa shape index (κ2) is 8.56. The highest BCUT2D eigenvalue weighted by molar-refractivity contribution is 7.86. The van der Waals surface area contributed by atoms with Crippen molar-refractivity contribution in [2.45, 2.75) is 69.7 Å². The second-order valence-electron chi connectivity index (χ2n) is 7.85.